The van der Waals surface area contributed by atoms with Gasteiger partial charge in [0.2, 0.25) is 0 Å². The summed E-state index contributed by atoms with van der Waals surface area (Å²) in [6.45, 7) is 1.71. The summed E-state index contributed by atoms with van der Waals surface area (Å²) < 4.78 is 0.780. The molecule has 2 aromatic rings. The summed E-state index contributed by atoms with van der Waals surface area (Å²) in [7, 11) is 0. The number of benzene rings is 1. The Morgan fingerprint density at radius 1 is 1.33 bits per heavy atom. The standard InChI is InChI=1S/C13H11Cl2NO2S3/c1-7-11(12(17)18)21-13(16-7)20-5-4-19-10-6-8(14)2-3-9(10)15/h2-3,6H,4-5H2,1H3,(H,17,18). The van der Waals surface area contributed by atoms with E-state index in [0.29, 0.717) is 20.6 Å². The van der Waals surface area contributed by atoms with Gasteiger partial charge in [-0.2, -0.15) is 0 Å². The summed E-state index contributed by atoms with van der Waals surface area (Å²) in [6, 6.07) is 5.38. The van der Waals surface area contributed by atoms with Gasteiger partial charge >= 0.3 is 5.97 Å². The minimum absolute atomic E-state index is 0.308. The molecule has 0 spiro atoms. The molecular weight excluding hydrogens is 369 g/mol. The van der Waals surface area contributed by atoms with Crippen LogP contribution in [0.25, 0.3) is 0 Å². The van der Waals surface area contributed by atoms with Crippen molar-refractivity contribution < 1.29 is 9.90 Å². The van der Waals surface area contributed by atoms with Gasteiger partial charge in [-0.1, -0.05) is 35.0 Å². The van der Waals surface area contributed by atoms with E-state index in [-0.39, 0.29) is 0 Å². The third-order valence-electron chi connectivity index (χ3n) is 2.43. The van der Waals surface area contributed by atoms with Crippen molar-refractivity contribution in [3.8, 4) is 0 Å². The highest BCUT2D eigenvalue weighted by Gasteiger charge is 2.14. The van der Waals surface area contributed by atoms with Gasteiger partial charge in [0, 0.05) is 21.4 Å². The molecule has 0 radical (unpaired) electrons. The summed E-state index contributed by atoms with van der Waals surface area (Å²) in [5.74, 6) is 0.739. The number of carboxylic acid groups (broad SMARTS) is 1. The Morgan fingerprint density at radius 3 is 2.71 bits per heavy atom. The minimum Gasteiger partial charge on any atom is -0.477 e. The number of rotatable bonds is 6. The second-order valence-electron chi connectivity index (χ2n) is 3.97. The Bertz CT molecular complexity index is 661. The topological polar surface area (TPSA) is 50.2 Å². The van der Waals surface area contributed by atoms with Crippen LogP contribution in [0.4, 0.5) is 0 Å². The number of nitrogens with zero attached hydrogens (tertiary/aromatic N) is 1. The zero-order valence-corrected chi connectivity index (χ0v) is 14.9. The Labute approximate surface area is 145 Å². The van der Waals surface area contributed by atoms with Crippen molar-refractivity contribution in [1.82, 2.24) is 4.98 Å². The van der Waals surface area contributed by atoms with Crippen LogP contribution in [0.1, 0.15) is 15.4 Å². The first-order valence-corrected chi connectivity index (χ1v) is 9.43. The highest BCUT2D eigenvalue weighted by atomic mass is 35.5. The number of halogens is 2. The normalized spacial score (nSPS) is 10.8. The Kier molecular flexibility index (Phi) is 6.25. The molecule has 0 atom stereocenters. The Hall–Kier alpha value is -0.400. The first kappa shape index (κ1) is 17.0. The first-order chi connectivity index (χ1) is 9.97. The molecular formula is C13H11Cl2NO2S3. The molecule has 3 nitrogen and oxygen atoms in total. The van der Waals surface area contributed by atoms with Gasteiger partial charge in [-0.3, -0.25) is 0 Å². The van der Waals surface area contributed by atoms with Crippen molar-refractivity contribution in [2.75, 3.05) is 11.5 Å². The molecule has 1 aromatic carbocycles. The maximum atomic E-state index is 10.9. The van der Waals surface area contributed by atoms with Gasteiger partial charge in [-0.25, -0.2) is 9.78 Å². The highest BCUT2D eigenvalue weighted by molar-refractivity contribution is 8.03. The molecule has 0 fully saturated rings. The van der Waals surface area contributed by atoms with Crippen LogP contribution in [0.3, 0.4) is 0 Å². The number of aromatic nitrogens is 1. The van der Waals surface area contributed by atoms with Gasteiger partial charge in [0.05, 0.1) is 10.7 Å². The number of thioether (sulfide) groups is 2. The van der Waals surface area contributed by atoms with Crippen LogP contribution in [0.15, 0.2) is 27.4 Å². The van der Waals surface area contributed by atoms with E-state index in [9.17, 15) is 4.79 Å². The lowest BCUT2D eigenvalue weighted by Crippen LogP contribution is -1.94. The molecule has 0 unspecified atom stereocenters. The van der Waals surface area contributed by atoms with Crippen molar-refractivity contribution >= 4 is 64.0 Å². The van der Waals surface area contributed by atoms with Crippen LogP contribution < -0.4 is 0 Å². The molecule has 8 heteroatoms. The van der Waals surface area contributed by atoms with Gasteiger partial charge in [0.1, 0.15) is 4.88 Å². The lowest BCUT2D eigenvalue weighted by molar-refractivity contribution is 0.0701. The average molecular weight is 380 g/mol. The third-order valence-corrected chi connectivity index (χ3v) is 6.71. The number of carbonyl (C=O) groups is 1. The van der Waals surface area contributed by atoms with Crippen molar-refractivity contribution in [3.05, 3.63) is 38.8 Å². The molecule has 112 valence electrons. The molecule has 1 N–H and O–H groups in total. The lowest BCUT2D eigenvalue weighted by atomic mass is 10.4. The predicted octanol–water partition coefficient (Wildman–Crippen LogP) is 5.34. The first-order valence-electron chi connectivity index (χ1n) is 5.88. The zero-order chi connectivity index (χ0) is 15.4. The van der Waals surface area contributed by atoms with Crippen molar-refractivity contribution in [2.24, 2.45) is 0 Å². The smallest absolute Gasteiger partial charge is 0.347 e. The molecule has 21 heavy (non-hydrogen) atoms. The average Bonchev–Trinajstić information content (AvgIpc) is 2.80. The van der Waals surface area contributed by atoms with Crippen molar-refractivity contribution in [1.29, 1.82) is 0 Å². The molecule has 0 saturated carbocycles. The molecule has 1 heterocycles. The number of thiazole rings is 1. The second-order valence-corrected chi connectivity index (χ2v) is 8.29. The summed E-state index contributed by atoms with van der Waals surface area (Å²) in [6.07, 6.45) is 0. The van der Waals surface area contributed by atoms with E-state index < -0.39 is 5.97 Å². The fraction of sp³-hybridized carbons (Fsp3) is 0.231. The number of hydrogen-bond donors (Lipinski definition) is 1. The quantitative estimate of drug-likeness (QED) is 0.541. The number of hydrogen-bond acceptors (Lipinski definition) is 5. The predicted molar refractivity (Wildman–Crippen MR) is 91.7 cm³/mol. The molecule has 0 bridgehead atoms. The summed E-state index contributed by atoms with van der Waals surface area (Å²) in [5, 5.41) is 10.3. The molecule has 0 aliphatic heterocycles. The van der Waals surface area contributed by atoms with Crippen molar-refractivity contribution in [2.45, 2.75) is 16.2 Å². The maximum Gasteiger partial charge on any atom is 0.347 e. The lowest BCUT2D eigenvalue weighted by Gasteiger charge is -2.03. The van der Waals surface area contributed by atoms with E-state index in [0.717, 1.165) is 20.7 Å². The van der Waals surface area contributed by atoms with Crippen LogP contribution >= 0.6 is 58.1 Å². The van der Waals surface area contributed by atoms with E-state index in [2.05, 4.69) is 4.98 Å². The molecule has 1 aromatic heterocycles. The second kappa shape index (κ2) is 7.74. The van der Waals surface area contributed by atoms with E-state index in [1.54, 1.807) is 42.6 Å². The molecule has 0 saturated heterocycles. The summed E-state index contributed by atoms with van der Waals surface area (Å²) >= 11 is 16.4. The molecule has 0 aliphatic rings. The van der Waals surface area contributed by atoms with Gasteiger partial charge in [0.15, 0.2) is 4.34 Å². The fourth-order valence-electron chi connectivity index (χ4n) is 1.50. The molecule has 2 rings (SSSR count). The third kappa shape index (κ3) is 4.79. The zero-order valence-electron chi connectivity index (χ0n) is 10.9. The largest absolute Gasteiger partial charge is 0.477 e. The van der Waals surface area contributed by atoms with E-state index in [4.69, 9.17) is 28.3 Å². The summed E-state index contributed by atoms with van der Waals surface area (Å²) in [4.78, 5) is 16.5. The van der Waals surface area contributed by atoms with E-state index in [1.165, 1.54) is 11.3 Å². The van der Waals surface area contributed by atoms with Crippen LogP contribution in [0.2, 0.25) is 10.0 Å². The Balaban J connectivity index is 1.86. The minimum atomic E-state index is -0.920. The summed E-state index contributed by atoms with van der Waals surface area (Å²) in [5.41, 5.74) is 0.570. The fourth-order valence-corrected chi connectivity index (χ4v) is 5.07. The van der Waals surface area contributed by atoms with Crippen LogP contribution in [0.5, 0.6) is 0 Å². The SMILES string of the molecule is Cc1nc(SCCSc2cc(Cl)ccc2Cl)sc1C(=O)O. The van der Waals surface area contributed by atoms with Gasteiger partial charge in [-0.05, 0) is 25.1 Å². The van der Waals surface area contributed by atoms with Crippen LogP contribution in [-0.2, 0) is 0 Å². The van der Waals surface area contributed by atoms with E-state index in [1.807, 2.05) is 6.07 Å². The monoisotopic (exact) mass is 379 g/mol. The van der Waals surface area contributed by atoms with Gasteiger partial charge in [-0.15, -0.1) is 23.1 Å². The number of carboxylic acids is 1. The number of aryl methyl sites for hydroxylation is 1. The number of aromatic carboxylic acids is 1. The van der Waals surface area contributed by atoms with Gasteiger partial charge in [0.25, 0.3) is 0 Å². The van der Waals surface area contributed by atoms with Crippen LogP contribution in [-0.4, -0.2) is 27.6 Å². The van der Waals surface area contributed by atoms with E-state index >= 15 is 0 Å². The Morgan fingerprint density at radius 2 is 2.05 bits per heavy atom. The van der Waals surface area contributed by atoms with Gasteiger partial charge < -0.3 is 5.11 Å². The molecule has 0 amide bonds. The maximum absolute atomic E-state index is 10.9. The van der Waals surface area contributed by atoms with Crippen LogP contribution in [0, 0.1) is 6.92 Å². The highest BCUT2D eigenvalue weighted by Crippen LogP contribution is 2.32. The van der Waals surface area contributed by atoms with Crippen molar-refractivity contribution in [3.63, 3.8) is 0 Å². The molecule has 0 aliphatic carbocycles.